The maximum atomic E-state index is 15.6. The van der Waals surface area contributed by atoms with Crippen molar-refractivity contribution < 1.29 is 27.3 Å². The normalized spacial score (nSPS) is 11.3. The molecule has 5 aromatic rings. The molecule has 0 fully saturated rings. The van der Waals surface area contributed by atoms with Gasteiger partial charge in [0.05, 0.1) is 48.2 Å². The number of methoxy groups -OCH3 is 1. The molecule has 0 spiro atoms. The van der Waals surface area contributed by atoms with Gasteiger partial charge in [-0.25, -0.2) is 18.7 Å². The molecular weight excluding hydrogens is 597 g/mol. The number of imidazole rings is 1. The molecule has 0 saturated carbocycles. The Balaban J connectivity index is 1.37. The summed E-state index contributed by atoms with van der Waals surface area (Å²) in [6.07, 6.45) is 0.276. The second-order valence-corrected chi connectivity index (χ2v) is 11.5. The zero-order chi connectivity index (χ0) is 31.8. The Morgan fingerprint density at radius 2 is 1.67 bits per heavy atom. The summed E-state index contributed by atoms with van der Waals surface area (Å²) in [5.74, 6) is 0.0681. The summed E-state index contributed by atoms with van der Waals surface area (Å²) in [6.45, 7) is 5.92. The van der Waals surface area contributed by atoms with Gasteiger partial charge in [-0.3, -0.25) is 0 Å². The number of pyridine rings is 1. The van der Waals surface area contributed by atoms with Crippen molar-refractivity contribution in [2.45, 2.75) is 33.4 Å². The Morgan fingerprint density at radius 1 is 0.889 bits per heavy atom. The zero-order valence-corrected chi connectivity index (χ0v) is 26.2. The van der Waals surface area contributed by atoms with E-state index in [2.05, 4.69) is 9.55 Å². The Morgan fingerprint density at radius 3 is 2.38 bits per heavy atom. The number of halogens is 2. The van der Waals surface area contributed by atoms with Gasteiger partial charge in [-0.15, -0.1) is 0 Å². The molecular formula is C34H33F2N4O4P. The van der Waals surface area contributed by atoms with Gasteiger partial charge < -0.3 is 23.1 Å². The number of benzene rings is 3. The van der Waals surface area contributed by atoms with E-state index in [1.807, 2.05) is 44.2 Å². The minimum absolute atomic E-state index is 0.0637. The zero-order valence-electron chi connectivity index (χ0n) is 25.3. The van der Waals surface area contributed by atoms with Crippen LogP contribution in [0.2, 0.25) is 0 Å². The lowest BCUT2D eigenvalue weighted by Crippen LogP contribution is -2.11. The number of nitriles is 1. The lowest BCUT2D eigenvalue weighted by Gasteiger charge is -2.16. The standard InChI is InChI=1S/C34H33F2N4O4P/c1-4-43-45(44-5-2)27-13-14-31-32(20-27)40(15-16-41-3)33(38-31)19-24-11-12-25(18-29(24)36)30-7-6-8-34(39-30)42-22-26-10-9-23(21-37)17-28(26)35/h6-14,17-18,20H,4-5,15-16,19,22H2,1-3H3. The fraction of sp³-hybridized carbons (Fsp3) is 0.265. The highest BCUT2D eigenvalue weighted by Crippen LogP contribution is 2.38. The summed E-state index contributed by atoms with van der Waals surface area (Å²) in [7, 11) is 0.425. The van der Waals surface area contributed by atoms with Crippen LogP contribution < -0.4 is 10.0 Å². The van der Waals surface area contributed by atoms with Gasteiger partial charge in [-0.2, -0.15) is 5.26 Å². The molecule has 8 nitrogen and oxygen atoms in total. The lowest BCUT2D eigenvalue weighted by molar-refractivity contribution is 0.187. The molecule has 0 saturated heterocycles. The number of ether oxygens (including phenoxy) is 2. The highest BCUT2D eigenvalue weighted by atomic mass is 31.2. The van der Waals surface area contributed by atoms with Crippen LogP contribution in [0.1, 0.15) is 36.4 Å². The van der Waals surface area contributed by atoms with Crippen molar-refractivity contribution in [1.82, 2.24) is 14.5 Å². The third-order valence-electron chi connectivity index (χ3n) is 7.01. The van der Waals surface area contributed by atoms with Gasteiger partial charge in [0.25, 0.3) is 0 Å². The largest absolute Gasteiger partial charge is 0.473 e. The third kappa shape index (κ3) is 7.70. The topological polar surface area (TPSA) is 91.4 Å². The van der Waals surface area contributed by atoms with Crippen molar-refractivity contribution in [3.8, 4) is 23.2 Å². The van der Waals surface area contributed by atoms with Crippen molar-refractivity contribution in [2.24, 2.45) is 0 Å². The Hall–Kier alpha value is -4.26. The van der Waals surface area contributed by atoms with Gasteiger partial charge in [0.2, 0.25) is 14.3 Å². The van der Waals surface area contributed by atoms with Gasteiger partial charge >= 0.3 is 0 Å². The summed E-state index contributed by atoms with van der Waals surface area (Å²) < 4.78 is 54.7. The van der Waals surface area contributed by atoms with Crippen LogP contribution in [-0.2, 0) is 33.4 Å². The first-order chi connectivity index (χ1) is 21.9. The first-order valence-electron chi connectivity index (χ1n) is 14.5. The predicted octanol–water partition coefficient (Wildman–Crippen LogP) is 7.07. The fourth-order valence-electron chi connectivity index (χ4n) is 4.82. The highest BCUT2D eigenvalue weighted by molar-refractivity contribution is 7.56. The molecule has 11 heteroatoms. The SMILES string of the molecule is CCOP(OCC)c1ccc2nc(Cc3ccc(-c4cccc(OCc5ccc(C#N)cc5F)n4)cc3F)n(CCOC)c2c1. The van der Waals surface area contributed by atoms with Gasteiger partial charge in [-0.05, 0) is 61.9 Å². The third-order valence-corrected chi connectivity index (χ3v) is 8.70. The number of nitrogens with zero attached hydrogens (tertiary/aromatic N) is 4. The molecule has 0 unspecified atom stereocenters. The van der Waals surface area contributed by atoms with Crippen LogP contribution in [0.3, 0.4) is 0 Å². The van der Waals surface area contributed by atoms with Crippen LogP contribution in [0.4, 0.5) is 8.78 Å². The maximum Gasteiger partial charge on any atom is 0.214 e. The van der Waals surface area contributed by atoms with E-state index in [-0.39, 0.29) is 30.3 Å². The Labute approximate surface area is 262 Å². The molecule has 0 bridgehead atoms. The molecule has 232 valence electrons. The van der Waals surface area contributed by atoms with Gasteiger partial charge in [0.1, 0.15) is 24.1 Å². The summed E-state index contributed by atoms with van der Waals surface area (Å²) in [5.41, 5.74) is 3.81. The van der Waals surface area contributed by atoms with E-state index >= 15 is 4.39 Å². The van der Waals surface area contributed by atoms with E-state index in [0.717, 1.165) is 22.4 Å². The van der Waals surface area contributed by atoms with Gasteiger partial charge in [0.15, 0.2) is 0 Å². The molecule has 0 aliphatic heterocycles. The molecule has 5 rings (SSSR count). The minimum Gasteiger partial charge on any atom is -0.473 e. The predicted molar refractivity (Wildman–Crippen MR) is 169 cm³/mol. The summed E-state index contributed by atoms with van der Waals surface area (Å²) in [5, 5.41) is 9.89. The van der Waals surface area contributed by atoms with Crippen LogP contribution >= 0.6 is 8.38 Å². The van der Waals surface area contributed by atoms with Crippen LogP contribution in [0.5, 0.6) is 5.88 Å². The number of fused-ring (bicyclic) bond motifs is 1. The number of hydrogen-bond donors (Lipinski definition) is 0. The second-order valence-electron chi connectivity index (χ2n) is 9.99. The smallest absolute Gasteiger partial charge is 0.214 e. The van der Waals surface area contributed by atoms with E-state index in [4.69, 9.17) is 28.8 Å². The molecule has 3 aromatic carbocycles. The summed E-state index contributed by atoms with van der Waals surface area (Å²) in [4.78, 5) is 9.33. The second kappa shape index (κ2) is 15.2. The molecule has 2 heterocycles. The summed E-state index contributed by atoms with van der Waals surface area (Å²) in [6, 6.07) is 22.2. The molecule has 0 aliphatic carbocycles. The van der Waals surface area contributed by atoms with Crippen molar-refractivity contribution in [3.05, 3.63) is 107 Å². The van der Waals surface area contributed by atoms with Gasteiger partial charge in [-0.1, -0.05) is 24.3 Å². The van der Waals surface area contributed by atoms with Crippen LogP contribution in [-0.4, -0.2) is 41.5 Å². The van der Waals surface area contributed by atoms with E-state index in [1.54, 1.807) is 31.4 Å². The van der Waals surface area contributed by atoms with E-state index < -0.39 is 14.2 Å². The van der Waals surface area contributed by atoms with Crippen molar-refractivity contribution >= 4 is 24.7 Å². The molecule has 45 heavy (non-hydrogen) atoms. The molecule has 0 atom stereocenters. The monoisotopic (exact) mass is 630 g/mol. The molecule has 0 amide bonds. The van der Waals surface area contributed by atoms with Gasteiger partial charge in [0, 0.05) is 42.6 Å². The Bertz CT molecular complexity index is 1820. The number of rotatable bonds is 14. The summed E-state index contributed by atoms with van der Waals surface area (Å²) >= 11 is 0. The van der Waals surface area contributed by atoms with E-state index in [0.29, 0.717) is 54.6 Å². The fourth-order valence-corrected chi connectivity index (χ4v) is 6.09. The minimum atomic E-state index is -1.22. The van der Waals surface area contributed by atoms with Crippen LogP contribution in [0.25, 0.3) is 22.3 Å². The first kappa shape index (κ1) is 32.1. The first-order valence-corrected chi connectivity index (χ1v) is 15.7. The van der Waals surface area contributed by atoms with Crippen molar-refractivity contribution in [1.29, 1.82) is 5.26 Å². The van der Waals surface area contributed by atoms with Crippen molar-refractivity contribution in [3.63, 3.8) is 0 Å². The van der Waals surface area contributed by atoms with Crippen LogP contribution in [0, 0.1) is 23.0 Å². The van der Waals surface area contributed by atoms with Crippen LogP contribution in [0.15, 0.2) is 72.8 Å². The maximum absolute atomic E-state index is 15.6. The molecule has 0 aliphatic rings. The lowest BCUT2D eigenvalue weighted by atomic mass is 10.1. The highest BCUT2D eigenvalue weighted by Gasteiger charge is 2.19. The Kier molecular flexibility index (Phi) is 10.8. The quantitative estimate of drug-likeness (QED) is 0.121. The molecule has 2 aromatic heterocycles. The van der Waals surface area contributed by atoms with E-state index in [1.165, 1.54) is 18.2 Å². The van der Waals surface area contributed by atoms with Crippen molar-refractivity contribution in [2.75, 3.05) is 26.9 Å². The molecule has 0 radical (unpaired) electrons. The molecule has 0 N–H and O–H groups in total. The number of aromatic nitrogens is 3. The average molecular weight is 631 g/mol. The van der Waals surface area contributed by atoms with E-state index in [9.17, 15) is 4.39 Å². The average Bonchev–Trinajstić information content (AvgIpc) is 3.40. The number of hydrogen-bond acceptors (Lipinski definition) is 7.